The molecule has 106 valence electrons. The Balaban J connectivity index is 2.47. The lowest BCUT2D eigenvalue weighted by Crippen LogP contribution is -2.17. The van der Waals surface area contributed by atoms with Crippen LogP contribution in [0.1, 0.15) is 5.69 Å². The molecule has 1 aromatic heterocycles. The van der Waals surface area contributed by atoms with Gasteiger partial charge >= 0.3 is 6.36 Å². The normalized spacial score (nSPS) is 11.4. The van der Waals surface area contributed by atoms with Crippen LogP contribution in [0.2, 0.25) is 0 Å². The zero-order chi connectivity index (χ0) is 14.8. The second kappa shape index (κ2) is 5.38. The minimum absolute atomic E-state index is 0.166. The molecule has 0 amide bonds. The van der Waals surface area contributed by atoms with Crippen molar-refractivity contribution >= 4 is 5.69 Å². The highest BCUT2D eigenvalue weighted by atomic mass is 19.4. The van der Waals surface area contributed by atoms with Gasteiger partial charge in [-0.15, -0.1) is 13.2 Å². The first-order valence-corrected chi connectivity index (χ1v) is 5.62. The second-order valence-corrected chi connectivity index (χ2v) is 3.93. The number of para-hydroxylation sites is 1. The van der Waals surface area contributed by atoms with E-state index in [1.54, 1.807) is 6.07 Å². The summed E-state index contributed by atoms with van der Waals surface area (Å²) in [5, 5.41) is 9.09. The number of nitrogens with zero attached hydrogens (tertiary/aromatic N) is 1. The van der Waals surface area contributed by atoms with Crippen LogP contribution in [0.15, 0.2) is 36.4 Å². The van der Waals surface area contributed by atoms with Crippen LogP contribution < -0.4 is 10.5 Å². The van der Waals surface area contributed by atoms with E-state index < -0.39 is 13.0 Å². The Morgan fingerprint density at radius 2 is 1.85 bits per heavy atom. The number of nitrogens with two attached hydrogens (primary N) is 1. The first-order valence-electron chi connectivity index (χ1n) is 5.62. The van der Waals surface area contributed by atoms with Crippen LogP contribution in [-0.2, 0) is 6.61 Å². The largest absolute Gasteiger partial charge is 0.573 e. The molecule has 0 atom stereocenters. The van der Waals surface area contributed by atoms with Crippen LogP contribution in [0.3, 0.4) is 0 Å². The fraction of sp³-hybridized carbons (Fsp3) is 0.154. The van der Waals surface area contributed by atoms with Crippen LogP contribution in [0, 0.1) is 0 Å². The van der Waals surface area contributed by atoms with Gasteiger partial charge in [-0.3, -0.25) is 0 Å². The molecule has 2 aromatic rings. The quantitative estimate of drug-likeness (QED) is 0.909. The number of aliphatic hydroxyl groups excluding tert-OH is 1. The van der Waals surface area contributed by atoms with Crippen LogP contribution in [0.5, 0.6) is 5.75 Å². The number of ether oxygens (including phenoxy) is 1. The summed E-state index contributed by atoms with van der Waals surface area (Å²) in [5.41, 5.74) is 6.46. The molecule has 0 aliphatic rings. The molecule has 1 heterocycles. The van der Waals surface area contributed by atoms with Crippen LogP contribution >= 0.6 is 0 Å². The number of hydrogen-bond donors (Lipinski definition) is 2. The lowest BCUT2D eigenvalue weighted by Gasteiger charge is -2.13. The molecule has 0 aliphatic carbocycles. The molecule has 3 N–H and O–H groups in total. The summed E-state index contributed by atoms with van der Waals surface area (Å²) < 4.78 is 41.0. The van der Waals surface area contributed by atoms with Crippen molar-refractivity contribution in [2.45, 2.75) is 13.0 Å². The molecule has 0 spiro atoms. The van der Waals surface area contributed by atoms with Gasteiger partial charge in [0.05, 0.1) is 23.7 Å². The third-order valence-corrected chi connectivity index (χ3v) is 2.55. The van der Waals surface area contributed by atoms with Crippen LogP contribution in [0.4, 0.5) is 18.9 Å². The van der Waals surface area contributed by atoms with Crippen molar-refractivity contribution in [1.82, 2.24) is 4.98 Å². The number of hydrogen-bond acceptors (Lipinski definition) is 4. The number of benzene rings is 1. The van der Waals surface area contributed by atoms with Gasteiger partial charge < -0.3 is 15.6 Å². The summed E-state index contributed by atoms with van der Waals surface area (Å²) in [6.07, 6.45) is -4.79. The van der Waals surface area contributed by atoms with Crippen LogP contribution in [-0.4, -0.2) is 16.5 Å². The summed E-state index contributed by atoms with van der Waals surface area (Å²) >= 11 is 0. The highest BCUT2D eigenvalue weighted by Gasteiger charge is 2.32. The molecular weight excluding hydrogens is 273 g/mol. The number of aromatic nitrogens is 1. The Hall–Kier alpha value is -2.28. The van der Waals surface area contributed by atoms with E-state index in [0.29, 0.717) is 0 Å². The van der Waals surface area contributed by atoms with Gasteiger partial charge in [-0.1, -0.05) is 12.1 Å². The fourth-order valence-electron chi connectivity index (χ4n) is 1.68. The lowest BCUT2D eigenvalue weighted by molar-refractivity contribution is -0.274. The summed E-state index contributed by atoms with van der Waals surface area (Å²) in [7, 11) is 0. The zero-order valence-corrected chi connectivity index (χ0v) is 10.2. The molecule has 0 saturated heterocycles. The second-order valence-electron chi connectivity index (χ2n) is 3.93. The SMILES string of the molecule is Nc1ccc(-c2ccccc2OC(F)(F)F)nc1CO. The molecule has 0 aliphatic heterocycles. The van der Waals surface area contributed by atoms with Crippen LogP contribution in [0.25, 0.3) is 11.3 Å². The molecule has 20 heavy (non-hydrogen) atoms. The van der Waals surface area contributed by atoms with Gasteiger partial charge in [0, 0.05) is 5.56 Å². The number of rotatable bonds is 3. The van der Waals surface area contributed by atoms with Gasteiger partial charge in [-0.2, -0.15) is 0 Å². The van der Waals surface area contributed by atoms with Crippen molar-refractivity contribution in [3.8, 4) is 17.0 Å². The first-order chi connectivity index (χ1) is 9.40. The molecule has 0 radical (unpaired) electrons. The van der Waals surface area contributed by atoms with Crippen molar-refractivity contribution in [3.63, 3.8) is 0 Å². The van der Waals surface area contributed by atoms with E-state index in [9.17, 15) is 13.2 Å². The first kappa shape index (κ1) is 14.1. The Morgan fingerprint density at radius 3 is 2.50 bits per heavy atom. The maximum atomic E-state index is 12.3. The van der Waals surface area contributed by atoms with E-state index in [4.69, 9.17) is 10.8 Å². The molecule has 0 fully saturated rings. The lowest BCUT2D eigenvalue weighted by atomic mass is 10.1. The number of alkyl halides is 3. The van der Waals surface area contributed by atoms with Gasteiger partial charge in [0.15, 0.2) is 0 Å². The zero-order valence-electron chi connectivity index (χ0n) is 10.2. The van der Waals surface area contributed by atoms with Crippen molar-refractivity contribution in [2.24, 2.45) is 0 Å². The number of pyridine rings is 1. The minimum Gasteiger partial charge on any atom is -0.405 e. The minimum atomic E-state index is -4.79. The van der Waals surface area contributed by atoms with Gasteiger partial charge in [0.2, 0.25) is 0 Å². The predicted molar refractivity (Wildman–Crippen MR) is 66.7 cm³/mol. The smallest absolute Gasteiger partial charge is 0.405 e. The Labute approximate surface area is 112 Å². The molecule has 1 aromatic carbocycles. The number of halogens is 3. The number of aliphatic hydroxyl groups is 1. The van der Waals surface area contributed by atoms with E-state index in [0.717, 1.165) is 0 Å². The van der Waals surface area contributed by atoms with Crippen molar-refractivity contribution in [3.05, 3.63) is 42.1 Å². The van der Waals surface area contributed by atoms with Gasteiger partial charge in [0.1, 0.15) is 5.75 Å². The van der Waals surface area contributed by atoms with Gasteiger partial charge in [-0.25, -0.2) is 4.98 Å². The molecule has 4 nitrogen and oxygen atoms in total. The molecular formula is C13H11F3N2O2. The van der Waals surface area contributed by atoms with Crippen molar-refractivity contribution in [1.29, 1.82) is 0 Å². The summed E-state index contributed by atoms with van der Waals surface area (Å²) in [6, 6.07) is 8.57. The van der Waals surface area contributed by atoms with Gasteiger partial charge in [-0.05, 0) is 24.3 Å². The number of anilines is 1. The standard InChI is InChI=1S/C13H11F3N2O2/c14-13(15,16)20-12-4-2-1-3-8(12)10-6-5-9(17)11(7-19)18-10/h1-6,19H,7,17H2. The van der Waals surface area contributed by atoms with E-state index in [-0.39, 0.29) is 28.4 Å². The van der Waals surface area contributed by atoms with E-state index >= 15 is 0 Å². The summed E-state index contributed by atoms with van der Waals surface area (Å²) in [4.78, 5) is 4.03. The van der Waals surface area contributed by atoms with E-state index in [1.165, 1.54) is 30.3 Å². The molecule has 0 unspecified atom stereocenters. The van der Waals surface area contributed by atoms with E-state index in [1.807, 2.05) is 0 Å². The molecule has 0 saturated carbocycles. The third kappa shape index (κ3) is 3.18. The molecule has 7 heteroatoms. The van der Waals surface area contributed by atoms with E-state index in [2.05, 4.69) is 9.72 Å². The maximum Gasteiger partial charge on any atom is 0.573 e. The highest BCUT2D eigenvalue weighted by molar-refractivity contribution is 5.68. The highest BCUT2D eigenvalue weighted by Crippen LogP contribution is 2.33. The summed E-state index contributed by atoms with van der Waals surface area (Å²) in [6.45, 7) is -0.401. The average Bonchev–Trinajstić information content (AvgIpc) is 2.38. The Kier molecular flexibility index (Phi) is 3.80. The van der Waals surface area contributed by atoms with Crippen molar-refractivity contribution < 1.29 is 23.0 Å². The average molecular weight is 284 g/mol. The topological polar surface area (TPSA) is 68.4 Å². The predicted octanol–water partition coefficient (Wildman–Crippen LogP) is 2.72. The molecule has 0 bridgehead atoms. The fourth-order valence-corrected chi connectivity index (χ4v) is 1.68. The molecule has 2 rings (SSSR count). The summed E-state index contributed by atoms with van der Waals surface area (Å²) in [5.74, 6) is -0.360. The van der Waals surface area contributed by atoms with Crippen molar-refractivity contribution in [2.75, 3.05) is 5.73 Å². The number of nitrogen functional groups attached to an aromatic ring is 1. The third-order valence-electron chi connectivity index (χ3n) is 2.55. The monoisotopic (exact) mass is 284 g/mol. The maximum absolute atomic E-state index is 12.3. The van der Waals surface area contributed by atoms with Gasteiger partial charge in [0.25, 0.3) is 0 Å². The Morgan fingerprint density at radius 1 is 1.15 bits per heavy atom. The Bertz CT molecular complexity index is 615.